The van der Waals surface area contributed by atoms with Crippen LogP contribution >= 0.6 is 0 Å². The van der Waals surface area contributed by atoms with E-state index in [-0.39, 0.29) is 11.9 Å². The highest BCUT2D eigenvalue weighted by Gasteiger charge is 2.41. The van der Waals surface area contributed by atoms with Crippen molar-refractivity contribution in [3.8, 4) is 5.75 Å². The van der Waals surface area contributed by atoms with E-state index in [0.717, 1.165) is 12.5 Å². The number of hydrogen-bond acceptors (Lipinski definition) is 3. The maximum atomic E-state index is 13.6. The van der Waals surface area contributed by atoms with Crippen LogP contribution in [0, 0.1) is 11.6 Å². The quantitative estimate of drug-likeness (QED) is 0.885. The summed E-state index contributed by atoms with van der Waals surface area (Å²) in [4.78, 5) is 11.6. The molecule has 2 rings (SSSR count). The molecule has 4 nitrogen and oxygen atoms in total. The molecule has 0 radical (unpaired) electrons. The number of hydrogen-bond donors (Lipinski definition) is 2. The van der Waals surface area contributed by atoms with E-state index in [1.54, 1.807) is 7.05 Å². The van der Waals surface area contributed by atoms with Gasteiger partial charge in [-0.15, -0.1) is 0 Å². The van der Waals surface area contributed by atoms with Crippen molar-refractivity contribution in [2.45, 2.75) is 37.3 Å². The summed E-state index contributed by atoms with van der Waals surface area (Å²) < 4.78 is 32.2. The van der Waals surface area contributed by atoms with Gasteiger partial charge in [-0.25, -0.2) is 4.39 Å². The number of halogens is 2. The van der Waals surface area contributed by atoms with Gasteiger partial charge in [0.1, 0.15) is 11.6 Å². The Morgan fingerprint density at radius 2 is 2.25 bits per heavy atom. The molecular weight excluding hydrogens is 266 g/mol. The molecule has 1 fully saturated rings. The zero-order valence-corrected chi connectivity index (χ0v) is 11.3. The lowest BCUT2D eigenvalue weighted by Crippen LogP contribution is -2.58. The summed E-state index contributed by atoms with van der Waals surface area (Å²) in [5.74, 6) is -2.54. The van der Waals surface area contributed by atoms with Crippen molar-refractivity contribution < 1.29 is 18.3 Å². The summed E-state index contributed by atoms with van der Waals surface area (Å²) in [6.45, 7) is 0. The number of nitrogens with two attached hydrogens (primary N) is 1. The van der Waals surface area contributed by atoms with Crippen LogP contribution in [0.15, 0.2) is 18.2 Å². The molecule has 0 spiro atoms. The molecule has 20 heavy (non-hydrogen) atoms. The minimum absolute atomic E-state index is 0.133. The second-order valence-electron chi connectivity index (χ2n) is 5.08. The van der Waals surface area contributed by atoms with Gasteiger partial charge in [0, 0.05) is 6.42 Å². The van der Waals surface area contributed by atoms with Gasteiger partial charge in [-0.1, -0.05) is 6.07 Å². The predicted octanol–water partition coefficient (Wildman–Crippen LogP) is 1.73. The molecule has 0 heterocycles. The number of likely N-dealkylation sites (N-methyl/N-ethyl adjacent to an activating group) is 1. The van der Waals surface area contributed by atoms with Crippen molar-refractivity contribution >= 4 is 5.91 Å². The topological polar surface area (TPSA) is 64.3 Å². The molecule has 3 N–H and O–H groups in total. The Balaban J connectivity index is 2.14. The number of ether oxygens (including phenoxy) is 1. The van der Waals surface area contributed by atoms with E-state index in [0.29, 0.717) is 19.3 Å². The van der Waals surface area contributed by atoms with Crippen molar-refractivity contribution in [2.75, 3.05) is 7.05 Å². The molecule has 2 atom stereocenters. The summed E-state index contributed by atoms with van der Waals surface area (Å²) in [5.41, 5.74) is 4.59. The molecule has 0 saturated heterocycles. The van der Waals surface area contributed by atoms with Crippen LogP contribution in [0.2, 0.25) is 0 Å². The molecule has 1 aliphatic rings. The molecule has 6 heteroatoms. The molecule has 0 aromatic heterocycles. The van der Waals surface area contributed by atoms with Crippen molar-refractivity contribution in [3.63, 3.8) is 0 Å². The Hall–Kier alpha value is -1.69. The largest absolute Gasteiger partial charge is 0.487 e. The van der Waals surface area contributed by atoms with Crippen molar-refractivity contribution in [2.24, 2.45) is 5.73 Å². The molecule has 1 amide bonds. The fourth-order valence-electron chi connectivity index (χ4n) is 2.65. The van der Waals surface area contributed by atoms with Gasteiger partial charge in [0.2, 0.25) is 11.7 Å². The molecule has 1 aromatic rings. The van der Waals surface area contributed by atoms with Gasteiger partial charge in [-0.3, -0.25) is 4.79 Å². The minimum Gasteiger partial charge on any atom is -0.487 e. The zero-order chi connectivity index (χ0) is 14.8. The first-order valence-corrected chi connectivity index (χ1v) is 6.58. The van der Waals surface area contributed by atoms with Crippen LogP contribution in [-0.4, -0.2) is 24.6 Å². The average molecular weight is 284 g/mol. The van der Waals surface area contributed by atoms with Gasteiger partial charge in [-0.2, -0.15) is 4.39 Å². The van der Waals surface area contributed by atoms with E-state index >= 15 is 0 Å². The van der Waals surface area contributed by atoms with Crippen LogP contribution in [0.1, 0.15) is 25.7 Å². The van der Waals surface area contributed by atoms with E-state index < -0.39 is 23.1 Å². The molecule has 1 saturated carbocycles. The van der Waals surface area contributed by atoms with Crippen LogP contribution in [0.25, 0.3) is 0 Å². The van der Waals surface area contributed by atoms with Gasteiger partial charge in [0.15, 0.2) is 11.6 Å². The molecule has 1 aromatic carbocycles. The number of nitrogens with one attached hydrogen (secondary N) is 1. The van der Waals surface area contributed by atoms with Gasteiger partial charge < -0.3 is 15.8 Å². The normalized spacial score (nSPS) is 26.2. The Labute approximate surface area is 116 Å². The van der Waals surface area contributed by atoms with Crippen molar-refractivity contribution in [1.82, 2.24) is 5.32 Å². The van der Waals surface area contributed by atoms with Gasteiger partial charge in [0.05, 0.1) is 0 Å². The van der Waals surface area contributed by atoms with Crippen molar-refractivity contribution in [1.29, 1.82) is 0 Å². The third kappa shape index (κ3) is 2.75. The van der Waals surface area contributed by atoms with Gasteiger partial charge >= 0.3 is 0 Å². The molecule has 2 unspecified atom stereocenters. The fourth-order valence-corrected chi connectivity index (χ4v) is 2.65. The number of primary amides is 1. The summed E-state index contributed by atoms with van der Waals surface area (Å²) in [6.07, 6.45) is 1.98. The van der Waals surface area contributed by atoms with E-state index in [4.69, 9.17) is 10.5 Å². The van der Waals surface area contributed by atoms with E-state index in [1.807, 2.05) is 0 Å². The number of carbonyl (C=O) groups excluding carboxylic acids is 1. The van der Waals surface area contributed by atoms with Crippen LogP contribution in [0.4, 0.5) is 8.78 Å². The molecular formula is C14H18F2N2O2. The first-order valence-electron chi connectivity index (χ1n) is 6.58. The third-order valence-electron chi connectivity index (χ3n) is 3.87. The Morgan fingerprint density at radius 3 is 2.90 bits per heavy atom. The van der Waals surface area contributed by atoms with E-state index in [9.17, 15) is 13.6 Å². The van der Waals surface area contributed by atoms with Gasteiger partial charge in [0.25, 0.3) is 0 Å². The Kier molecular flexibility index (Phi) is 4.23. The maximum Gasteiger partial charge on any atom is 0.237 e. The molecule has 110 valence electrons. The second-order valence-corrected chi connectivity index (χ2v) is 5.08. The highest BCUT2D eigenvalue weighted by Crippen LogP contribution is 2.32. The summed E-state index contributed by atoms with van der Waals surface area (Å²) in [5, 5.41) is 2.94. The van der Waals surface area contributed by atoms with Crippen LogP contribution in [-0.2, 0) is 4.79 Å². The summed E-state index contributed by atoms with van der Waals surface area (Å²) in [6, 6.07) is 3.79. The maximum absolute atomic E-state index is 13.6. The lowest BCUT2D eigenvalue weighted by molar-refractivity contribution is -0.126. The first kappa shape index (κ1) is 14.7. The van der Waals surface area contributed by atoms with Crippen molar-refractivity contribution in [3.05, 3.63) is 29.8 Å². The number of amides is 1. The molecule has 0 aliphatic heterocycles. The fraction of sp³-hybridized carbons (Fsp3) is 0.500. The second kappa shape index (κ2) is 5.75. The first-order chi connectivity index (χ1) is 9.48. The van der Waals surface area contributed by atoms with Crippen LogP contribution in [0.5, 0.6) is 5.75 Å². The zero-order valence-electron chi connectivity index (χ0n) is 11.3. The highest BCUT2D eigenvalue weighted by molar-refractivity contribution is 5.84. The van der Waals surface area contributed by atoms with Crippen LogP contribution < -0.4 is 15.8 Å². The van der Waals surface area contributed by atoms with E-state index in [2.05, 4.69) is 5.32 Å². The van der Waals surface area contributed by atoms with E-state index in [1.165, 1.54) is 12.1 Å². The SMILES string of the molecule is CNC1(C(N)=O)CCCC(Oc2cccc(F)c2F)C1. The Bertz CT molecular complexity index is 510. The summed E-state index contributed by atoms with van der Waals surface area (Å²) >= 11 is 0. The summed E-state index contributed by atoms with van der Waals surface area (Å²) in [7, 11) is 1.66. The standard InChI is InChI=1S/C14H18F2N2O2/c1-18-14(13(17)19)7-3-4-9(8-14)20-11-6-2-5-10(15)12(11)16/h2,5-6,9,18H,3-4,7-8H2,1H3,(H2,17,19). The highest BCUT2D eigenvalue weighted by atomic mass is 19.2. The minimum atomic E-state index is -1.01. The number of benzene rings is 1. The molecule has 0 bridgehead atoms. The Morgan fingerprint density at radius 1 is 1.50 bits per heavy atom. The predicted molar refractivity (Wildman–Crippen MR) is 70.2 cm³/mol. The monoisotopic (exact) mass is 284 g/mol. The smallest absolute Gasteiger partial charge is 0.237 e. The van der Waals surface area contributed by atoms with Crippen LogP contribution in [0.3, 0.4) is 0 Å². The number of carbonyl (C=O) groups is 1. The van der Waals surface area contributed by atoms with Gasteiger partial charge in [-0.05, 0) is 38.4 Å². The number of rotatable bonds is 4. The third-order valence-corrected chi connectivity index (χ3v) is 3.87. The lowest BCUT2D eigenvalue weighted by Gasteiger charge is -2.38. The molecule has 1 aliphatic carbocycles. The average Bonchev–Trinajstić information content (AvgIpc) is 2.44. The lowest BCUT2D eigenvalue weighted by atomic mass is 9.79.